The first kappa shape index (κ1) is 22.8. The van der Waals surface area contributed by atoms with Crippen LogP contribution in [-0.2, 0) is 17.1 Å². The predicted octanol–water partition coefficient (Wildman–Crippen LogP) is 4.40. The number of aromatic nitrogens is 1. The molecule has 0 saturated heterocycles. The molecule has 3 aromatic rings. The van der Waals surface area contributed by atoms with E-state index in [9.17, 15) is 13.2 Å². The molecule has 0 atom stereocenters. The molecule has 2 N–H and O–H groups in total. The molecular weight excluding hydrogens is 465 g/mol. The largest absolute Gasteiger partial charge is 0.497 e. The highest BCUT2D eigenvalue weighted by Crippen LogP contribution is 2.30. The summed E-state index contributed by atoms with van der Waals surface area (Å²) in [6, 6.07) is 12.1. The number of anilines is 2. The van der Waals surface area contributed by atoms with Crippen LogP contribution in [0.3, 0.4) is 0 Å². The number of hydrogen-bond donors (Lipinski definition) is 2. The third kappa shape index (κ3) is 4.90. The highest BCUT2D eigenvalue weighted by Gasteiger charge is 2.22. The second kappa shape index (κ2) is 9.09. The number of rotatable bonds is 7. The molecule has 0 radical (unpaired) electrons. The van der Waals surface area contributed by atoms with Crippen molar-refractivity contribution in [2.45, 2.75) is 4.90 Å². The first-order valence-corrected chi connectivity index (χ1v) is 11.1. The first-order chi connectivity index (χ1) is 14.7. The standard InChI is InChI=1S/C20H19Cl2N3O5S/c1-25-16(11-15(21)19(25)22)20(26)23-13-6-9-17(30-3)18(10-13)31(27,28)24-12-4-7-14(29-2)8-5-12/h4-11,24H,1-3H3,(H,23,26). The van der Waals surface area contributed by atoms with Crippen LogP contribution in [0, 0.1) is 0 Å². The van der Waals surface area contributed by atoms with E-state index in [2.05, 4.69) is 10.0 Å². The lowest BCUT2D eigenvalue weighted by Gasteiger charge is -2.14. The number of hydrogen-bond acceptors (Lipinski definition) is 5. The van der Waals surface area contributed by atoms with Gasteiger partial charge in [-0.05, 0) is 48.5 Å². The molecule has 31 heavy (non-hydrogen) atoms. The fourth-order valence-electron chi connectivity index (χ4n) is 2.79. The quantitative estimate of drug-likeness (QED) is 0.518. The van der Waals surface area contributed by atoms with Gasteiger partial charge in [0.05, 0.1) is 19.2 Å². The maximum atomic E-state index is 13.0. The second-order valence-electron chi connectivity index (χ2n) is 6.38. The van der Waals surface area contributed by atoms with E-state index in [0.29, 0.717) is 11.4 Å². The topological polar surface area (TPSA) is 98.7 Å². The van der Waals surface area contributed by atoms with Crippen molar-refractivity contribution < 1.29 is 22.7 Å². The number of benzene rings is 2. The molecule has 0 saturated carbocycles. The minimum absolute atomic E-state index is 0.115. The average Bonchev–Trinajstić information content (AvgIpc) is 3.01. The third-order valence-corrected chi connectivity index (χ3v) is 6.65. The highest BCUT2D eigenvalue weighted by molar-refractivity contribution is 7.92. The molecular formula is C20H19Cl2N3O5S. The Morgan fingerprint density at radius 1 is 0.968 bits per heavy atom. The van der Waals surface area contributed by atoms with Crippen molar-refractivity contribution >= 4 is 50.5 Å². The van der Waals surface area contributed by atoms with E-state index < -0.39 is 15.9 Å². The van der Waals surface area contributed by atoms with Crippen molar-refractivity contribution in [2.24, 2.45) is 7.05 Å². The Morgan fingerprint density at radius 2 is 1.61 bits per heavy atom. The fraction of sp³-hybridized carbons (Fsp3) is 0.150. The van der Waals surface area contributed by atoms with Crippen LogP contribution < -0.4 is 19.5 Å². The molecule has 1 heterocycles. The molecule has 1 amide bonds. The van der Waals surface area contributed by atoms with Gasteiger partial charge in [-0.25, -0.2) is 8.42 Å². The van der Waals surface area contributed by atoms with Gasteiger partial charge in [0.2, 0.25) is 0 Å². The van der Waals surface area contributed by atoms with Crippen LogP contribution in [0.15, 0.2) is 53.4 Å². The summed E-state index contributed by atoms with van der Waals surface area (Å²) in [6.45, 7) is 0. The van der Waals surface area contributed by atoms with Crippen molar-refractivity contribution in [1.82, 2.24) is 4.57 Å². The zero-order valence-electron chi connectivity index (χ0n) is 16.8. The summed E-state index contributed by atoms with van der Waals surface area (Å²) in [5.41, 5.74) is 0.798. The molecule has 0 aliphatic carbocycles. The number of nitrogens with zero attached hydrogens (tertiary/aromatic N) is 1. The predicted molar refractivity (Wildman–Crippen MR) is 120 cm³/mol. The van der Waals surface area contributed by atoms with Gasteiger partial charge in [-0.15, -0.1) is 0 Å². The van der Waals surface area contributed by atoms with Gasteiger partial charge < -0.3 is 19.4 Å². The van der Waals surface area contributed by atoms with Crippen molar-refractivity contribution in [3.8, 4) is 11.5 Å². The van der Waals surface area contributed by atoms with Crippen LogP contribution in [-0.4, -0.2) is 33.1 Å². The van der Waals surface area contributed by atoms with Gasteiger partial charge in [0.25, 0.3) is 15.9 Å². The smallest absolute Gasteiger partial charge is 0.272 e. The molecule has 2 aromatic carbocycles. The van der Waals surface area contributed by atoms with Gasteiger partial charge in [-0.1, -0.05) is 23.2 Å². The Balaban J connectivity index is 1.90. The number of halogens is 2. The third-order valence-electron chi connectivity index (χ3n) is 4.40. The van der Waals surface area contributed by atoms with E-state index in [1.54, 1.807) is 31.3 Å². The lowest BCUT2D eigenvalue weighted by molar-refractivity contribution is 0.101. The van der Waals surface area contributed by atoms with E-state index in [-0.39, 0.29) is 32.2 Å². The Kier molecular flexibility index (Phi) is 6.68. The van der Waals surface area contributed by atoms with E-state index in [1.165, 1.54) is 43.1 Å². The monoisotopic (exact) mass is 483 g/mol. The van der Waals surface area contributed by atoms with E-state index >= 15 is 0 Å². The lowest BCUT2D eigenvalue weighted by atomic mass is 10.3. The van der Waals surface area contributed by atoms with Gasteiger partial charge in [0, 0.05) is 18.4 Å². The number of carbonyl (C=O) groups excluding carboxylic acids is 1. The number of methoxy groups -OCH3 is 2. The van der Waals surface area contributed by atoms with Crippen LogP contribution in [0.5, 0.6) is 11.5 Å². The molecule has 1 aromatic heterocycles. The molecule has 0 spiro atoms. The summed E-state index contributed by atoms with van der Waals surface area (Å²) in [5.74, 6) is 0.197. The lowest BCUT2D eigenvalue weighted by Crippen LogP contribution is -2.17. The number of amides is 1. The first-order valence-electron chi connectivity index (χ1n) is 8.83. The Hall–Kier alpha value is -2.88. The molecule has 0 aliphatic rings. The highest BCUT2D eigenvalue weighted by atomic mass is 35.5. The van der Waals surface area contributed by atoms with Gasteiger partial charge in [-0.3, -0.25) is 9.52 Å². The molecule has 0 unspecified atom stereocenters. The Bertz CT molecular complexity index is 1220. The summed E-state index contributed by atoms with van der Waals surface area (Å²) >= 11 is 12.0. The molecule has 0 fully saturated rings. The molecule has 0 aliphatic heterocycles. The molecule has 8 nitrogen and oxygen atoms in total. The normalized spacial score (nSPS) is 11.1. The SMILES string of the molecule is COc1ccc(NS(=O)(=O)c2cc(NC(=O)c3cc(Cl)c(Cl)n3C)ccc2OC)cc1. The minimum atomic E-state index is -4.02. The zero-order valence-corrected chi connectivity index (χ0v) is 19.1. The number of carbonyl (C=O) groups is 1. The number of nitrogens with one attached hydrogen (secondary N) is 2. The van der Waals surface area contributed by atoms with Crippen LogP contribution in [0.1, 0.15) is 10.5 Å². The van der Waals surface area contributed by atoms with Crippen LogP contribution in [0.2, 0.25) is 10.2 Å². The molecule has 164 valence electrons. The summed E-state index contributed by atoms with van der Waals surface area (Å²) in [4.78, 5) is 12.5. The minimum Gasteiger partial charge on any atom is -0.497 e. The summed E-state index contributed by atoms with van der Waals surface area (Å²) in [5, 5.41) is 3.09. The van der Waals surface area contributed by atoms with E-state index in [0.717, 1.165) is 0 Å². The van der Waals surface area contributed by atoms with E-state index in [1.807, 2.05) is 0 Å². The number of ether oxygens (including phenoxy) is 2. The summed E-state index contributed by atoms with van der Waals surface area (Å²) < 4.78 is 40.1. The van der Waals surface area contributed by atoms with Crippen LogP contribution in [0.25, 0.3) is 0 Å². The number of sulfonamides is 1. The van der Waals surface area contributed by atoms with Crippen LogP contribution in [0.4, 0.5) is 11.4 Å². The Morgan fingerprint density at radius 3 is 2.16 bits per heavy atom. The van der Waals surface area contributed by atoms with Crippen LogP contribution >= 0.6 is 23.2 Å². The summed E-state index contributed by atoms with van der Waals surface area (Å²) in [6.07, 6.45) is 0. The van der Waals surface area contributed by atoms with Gasteiger partial charge >= 0.3 is 0 Å². The van der Waals surface area contributed by atoms with Crippen molar-refractivity contribution in [3.05, 3.63) is 64.4 Å². The average molecular weight is 484 g/mol. The van der Waals surface area contributed by atoms with Gasteiger partial charge in [0.15, 0.2) is 0 Å². The maximum Gasteiger partial charge on any atom is 0.272 e. The molecule has 0 bridgehead atoms. The molecule has 3 rings (SSSR count). The zero-order chi connectivity index (χ0) is 22.8. The van der Waals surface area contributed by atoms with Gasteiger partial charge in [0.1, 0.15) is 27.2 Å². The molecule has 11 heteroatoms. The second-order valence-corrected chi connectivity index (χ2v) is 8.80. The van der Waals surface area contributed by atoms with Gasteiger partial charge in [-0.2, -0.15) is 0 Å². The maximum absolute atomic E-state index is 13.0. The fourth-order valence-corrected chi connectivity index (χ4v) is 4.42. The van der Waals surface area contributed by atoms with Crippen molar-refractivity contribution in [1.29, 1.82) is 0 Å². The van der Waals surface area contributed by atoms with E-state index in [4.69, 9.17) is 32.7 Å². The van der Waals surface area contributed by atoms with Crippen molar-refractivity contribution in [2.75, 3.05) is 24.3 Å². The Labute approximate surface area is 189 Å². The summed E-state index contributed by atoms with van der Waals surface area (Å²) in [7, 11) is 0.435. The van der Waals surface area contributed by atoms with Crippen molar-refractivity contribution in [3.63, 3.8) is 0 Å².